The minimum Gasteiger partial charge on any atom is -0.459 e. The van der Waals surface area contributed by atoms with Gasteiger partial charge in [-0.1, -0.05) is 119 Å². The number of nitrogens with zero attached hydrogens (tertiary/aromatic N) is 2. The van der Waals surface area contributed by atoms with Gasteiger partial charge in [-0.3, -0.25) is 23.7 Å². The predicted octanol–water partition coefficient (Wildman–Crippen LogP) is 8.80. The summed E-state index contributed by atoms with van der Waals surface area (Å²) < 4.78 is 105. The van der Waals surface area contributed by atoms with Gasteiger partial charge in [0.2, 0.25) is 0 Å². The summed E-state index contributed by atoms with van der Waals surface area (Å²) in [7, 11) is 6.67. The maximum Gasteiger partial charge on any atom is 0.311 e. The normalized spacial score (nSPS) is 44.0. The fourth-order valence-corrected chi connectivity index (χ4v) is 22.3. The minimum atomic E-state index is -3.94. The number of thioether (sulfide) groups is 2. The highest BCUT2D eigenvalue weighted by molar-refractivity contribution is 14.0. The van der Waals surface area contributed by atoms with Gasteiger partial charge in [0, 0.05) is 84.4 Å². The molecule has 0 bridgehead atoms. The Hall–Kier alpha value is -1.96. The van der Waals surface area contributed by atoms with Crippen molar-refractivity contribution in [1.29, 1.82) is 0 Å². The topological polar surface area (TPSA) is 402 Å². The average Bonchev–Trinajstić information content (AvgIpc) is 0.978. The Bertz CT molecular complexity index is 3230. The molecule has 9 N–H and O–H groups in total. The standard InChI is InChI=1S/2C38H69NO12.C7H6O3S3.HI/c2*1-15-26-38(11,45)31(42)21(4)28(40)19(2)17-36(8,9)33(51-35-29(41)25(39(12)13)16-20(3)47-35)22(5)30(23(6)34(44)49-26)50-27-18-37(10,46-14)32(43)24(7)48-27;8-13(9,10)7-11-5-3-1-2-4-6(5)12-7;/h2*19-27,29-33,35,41-43,45H,15-18H2,1-14H3;1-4,7H,(H,8,9,10);1H/t2*19-,20?,21+,22+,23-,24?,25?,26-,27?,29?,30+,31-,32?,33-,35?,37?,38-;;/m11../s1. The third-order valence-electron chi connectivity index (χ3n) is 25.7. The van der Waals surface area contributed by atoms with Crippen molar-refractivity contribution in [3.63, 3.8) is 0 Å². The maximum absolute atomic E-state index is 14.1. The lowest BCUT2D eigenvalue weighted by Gasteiger charge is -2.49. The average molecular weight is 1830 g/mol. The van der Waals surface area contributed by atoms with Gasteiger partial charge in [-0.05, 0) is 159 Å². The number of halogens is 1. The van der Waals surface area contributed by atoms with Gasteiger partial charge >= 0.3 is 11.9 Å². The highest BCUT2D eigenvalue weighted by atomic mass is 127. The SMILES string of the molecule is CC[C@H]1OC(=O)[C@H](C)[C@@H](OC2CC(C)(OC)C(O)C(C)O2)[C@H](C)[C@@H](OC2OC(C)CC(N(C)C)C2O)C(C)(C)C[C@@H](C)C(=O)[C@H](C)[C@@H](O)[C@]1(C)O.CC[C@H]1OC(=O)[C@H](C)[C@@H](OC2CC(C)(OC)C(O)C(C)O2)[C@H](C)[C@@H](OC2OC(C)CC(N(C)C)C2O)C(C)(C)C[C@@H](C)C(=O)[C@H](C)[C@@H](O)[C@]1(C)O.I.O=S(=O)(O)C1Sc2ccccc2S1. The molecule has 116 heavy (non-hydrogen) atoms. The molecule has 6 fully saturated rings. The zero-order valence-electron chi connectivity index (χ0n) is 73.8. The number of Topliss-reactive ketones (excluding diaryl/α,β-unsaturated/α-hetero) is 2. The largest absolute Gasteiger partial charge is 0.459 e. The van der Waals surface area contributed by atoms with Crippen molar-refractivity contribution in [1.82, 2.24) is 9.80 Å². The summed E-state index contributed by atoms with van der Waals surface area (Å²) in [5, 5.41) is 90.9. The van der Waals surface area contributed by atoms with Crippen molar-refractivity contribution >= 4 is 81.1 Å². The molecular formula is C83H145IN2O27S3. The number of esters is 2. The summed E-state index contributed by atoms with van der Waals surface area (Å²) in [5.41, 5.74) is -7.45. The van der Waals surface area contributed by atoms with Crippen LogP contribution in [0.4, 0.5) is 0 Å². The Kier molecular flexibility index (Phi) is 38.2. The second-order valence-corrected chi connectivity index (χ2v) is 41.4. The van der Waals surface area contributed by atoms with E-state index >= 15 is 0 Å². The number of aliphatic hydroxyl groups excluding tert-OH is 6. The monoisotopic (exact) mass is 1820 g/mol. The van der Waals surface area contributed by atoms with Crippen molar-refractivity contribution in [2.75, 3.05) is 42.4 Å². The van der Waals surface area contributed by atoms with Crippen LogP contribution in [0.25, 0.3) is 0 Å². The van der Waals surface area contributed by atoms with E-state index in [9.17, 15) is 68.4 Å². The summed E-state index contributed by atoms with van der Waals surface area (Å²) in [5.74, 6) is -8.03. The van der Waals surface area contributed by atoms with Crippen molar-refractivity contribution in [2.24, 2.45) is 58.2 Å². The van der Waals surface area contributed by atoms with Gasteiger partial charge in [0.25, 0.3) is 10.1 Å². The number of fused-ring (bicyclic) bond motifs is 1. The zero-order chi connectivity index (χ0) is 87.4. The first-order chi connectivity index (χ1) is 52.9. The van der Waals surface area contributed by atoms with E-state index in [1.807, 2.05) is 118 Å². The summed E-state index contributed by atoms with van der Waals surface area (Å²) >= 11 is 2.34. The van der Waals surface area contributed by atoms with Crippen molar-refractivity contribution in [3.05, 3.63) is 24.3 Å². The van der Waals surface area contributed by atoms with Crippen LogP contribution in [-0.2, 0) is 86.1 Å². The molecule has 33 heteroatoms. The summed E-state index contributed by atoms with van der Waals surface area (Å²) in [6.07, 6.45) is -15.7. The van der Waals surface area contributed by atoms with Crippen LogP contribution in [0.1, 0.15) is 204 Å². The zero-order valence-corrected chi connectivity index (χ0v) is 78.5. The Morgan fingerprint density at radius 2 is 0.810 bits per heavy atom. The number of hydrogen-bond donors (Lipinski definition) is 9. The second-order valence-electron chi connectivity index (χ2n) is 36.7. The van der Waals surface area contributed by atoms with Gasteiger partial charge < -0.3 is 107 Å². The molecular weight excluding hydrogens is 1680 g/mol. The van der Waals surface area contributed by atoms with E-state index in [1.54, 1.807) is 83.1 Å². The minimum absolute atomic E-state index is 0. The number of carbonyl (C=O) groups is 4. The number of ketones is 2. The molecule has 0 saturated carbocycles. The third-order valence-corrected chi connectivity index (χ3v) is 30.6. The van der Waals surface area contributed by atoms with Gasteiger partial charge in [-0.25, -0.2) is 0 Å². The molecule has 16 unspecified atom stereocenters. The molecule has 1 aromatic rings. The number of aliphatic hydroxyl groups is 8. The molecule has 0 aromatic heterocycles. The van der Waals surface area contributed by atoms with Crippen LogP contribution in [0, 0.1) is 58.2 Å². The molecule has 674 valence electrons. The first-order valence-electron chi connectivity index (χ1n) is 41.0. The second kappa shape index (κ2) is 42.4. The van der Waals surface area contributed by atoms with E-state index in [-0.39, 0.29) is 85.5 Å². The number of carbonyl (C=O) groups excluding carboxylic acids is 4. The van der Waals surface area contributed by atoms with E-state index in [1.165, 1.54) is 51.6 Å². The molecule has 6 saturated heterocycles. The number of benzene rings is 1. The first kappa shape index (κ1) is 105. The number of ether oxygens (including phenoxy) is 12. The predicted molar refractivity (Wildman–Crippen MR) is 448 cm³/mol. The molecule has 0 amide bonds. The molecule has 0 radical (unpaired) electrons. The molecule has 8 rings (SSSR count). The van der Waals surface area contributed by atoms with Crippen molar-refractivity contribution < 1.29 is 130 Å². The van der Waals surface area contributed by atoms with E-state index < -0.39 is 217 Å². The fourth-order valence-electron chi connectivity index (χ4n) is 18.5. The molecule has 7 heterocycles. The number of cyclic esters (lactones) is 2. The Labute approximate surface area is 715 Å². The molecule has 7 aliphatic rings. The van der Waals surface area contributed by atoms with E-state index in [0.29, 0.717) is 25.7 Å². The summed E-state index contributed by atoms with van der Waals surface area (Å²) in [6.45, 7) is 38.9. The summed E-state index contributed by atoms with van der Waals surface area (Å²) in [4.78, 5) is 61.8. The maximum atomic E-state index is 14.1. The molecule has 0 spiro atoms. The van der Waals surface area contributed by atoms with Crippen LogP contribution < -0.4 is 0 Å². The Balaban J connectivity index is 0.000000353. The molecule has 7 aliphatic heterocycles. The van der Waals surface area contributed by atoms with Crippen LogP contribution in [0.5, 0.6) is 0 Å². The lowest BCUT2D eigenvalue weighted by atomic mass is 9.69. The third kappa shape index (κ3) is 24.6. The van der Waals surface area contributed by atoms with Crippen LogP contribution in [0.2, 0.25) is 0 Å². The Morgan fingerprint density at radius 1 is 0.491 bits per heavy atom. The van der Waals surface area contributed by atoms with Crippen molar-refractivity contribution in [3.8, 4) is 0 Å². The molecule has 1 aromatic carbocycles. The van der Waals surface area contributed by atoms with Gasteiger partial charge in [0.05, 0.1) is 84.1 Å². The van der Waals surface area contributed by atoms with Gasteiger partial charge in [0.1, 0.15) is 59.4 Å². The number of hydrogen-bond acceptors (Lipinski definition) is 30. The van der Waals surface area contributed by atoms with Crippen LogP contribution in [0.15, 0.2) is 34.1 Å². The lowest BCUT2D eigenvalue weighted by Crippen LogP contribution is -2.60. The fraction of sp³-hybridized carbons (Fsp3) is 0.880. The Morgan fingerprint density at radius 3 is 1.09 bits per heavy atom. The van der Waals surface area contributed by atoms with E-state index in [4.69, 9.17) is 61.4 Å². The van der Waals surface area contributed by atoms with Crippen molar-refractivity contribution in [2.45, 2.75) is 375 Å². The van der Waals surface area contributed by atoms with Gasteiger partial charge in [-0.2, -0.15) is 8.42 Å². The van der Waals surface area contributed by atoms with Crippen LogP contribution in [0.3, 0.4) is 0 Å². The van der Waals surface area contributed by atoms with Gasteiger partial charge in [-0.15, -0.1) is 24.0 Å². The van der Waals surface area contributed by atoms with Crippen LogP contribution in [-0.4, -0.2) is 291 Å². The smallest absolute Gasteiger partial charge is 0.311 e. The van der Waals surface area contributed by atoms with E-state index in [0.717, 1.165) is 9.79 Å². The highest BCUT2D eigenvalue weighted by Crippen LogP contribution is 2.51. The first-order valence-corrected chi connectivity index (χ1v) is 44.3. The van der Waals surface area contributed by atoms with Gasteiger partial charge in [0.15, 0.2) is 29.1 Å². The number of likely N-dealkylation sites (N-methyl/N-ethyl adjacent to an activating group) is 2. The summed E-state index contributed by atoms with van der Waals surface area (Å²) in [6, 6.07) is 6.90. The number of methoxy groups -OCH3 is 2. The highest BCUT2D eigenvalue weighted by Gasteiger charge is 2.57. The molecule has 0 aliphatic carbocycles. The molecule has 34 atom stereocenters. The van der Waals surface area contributed by atoms with Crippen LogP contribution >= 0.6 is 47.5 Å². The number of rotatable bonds is 15. The molecule has 29 nitrogen and oxygen atoms in total. The lowest BCUT2D eigenvalue weighted by molar-refractivity contribution is -0.313. The quantitative estimate of drug-likeness (QED) is 0.0450. The van der Waals surface area contributed by atoms with E-state index in [2.05, 4.69) is 0 Å².